The Morgan fingerprint density at radius 2 is 2.09 bits per heavy atom. The second kappa shape index (κ2) is 5.60. The van der Waals surface area contributed by atoms with Gasteiger partial charge in [-0.15, -0.1) is 0 Å². The van der Waals surface area contributed by atoms with E-state index in [0.29, 0.717) is 18.4 Å². The fourth-order valence-corrected chi connectivity index (χ4v) is 2.91. The number of allylic oxidation sites excluding steroid dienone is 2. The van der Waals surface area contributed by atoms with Crippen LogP contribution in [0.3, 0.4) is 0 Å². The number of alkyl halides is 3. The van der Waals surface area contributed by atoms with Gasteiger partial charge in [0.05, 0.1) is 23.4 Å². The summed E-state index contributed by atoms with van der Waals surface area (Å²) in [6.45, 7) is 1.68. The molecule has 23 heavy (non-hydrogen) atoms. The van der Waals surface area contributed by atoms with Crippen molar-refractivity contribution in [2.45, 2.75) is 25.9 Å². The fraction of sp³-hybridized carbons (Fsp3) is 0.312. The molecule has 1 aromatic carbocycles. The zero-order chi connectivity index (χ0) is 16.8. The van der Waals surface area contributed by atoms with E-state index in [1.54, 1.807) is 13.0 Å². The lowest BCUT2D eigenvalue weighted by molar-refractivity contribution is -0.136. The third-order valence-corrected chi connectivity index (χ3v) is 4.01. The van der Waals surface area contributed by atoms with Crippen LogP contribution in [0.1, 0.15) is 31.0 Å². The van der Waals surface area contributed by atoms with Crippen LogP contribution in [0.15, 0.2) is 24.3 Å². The number of ether oxygens (including phenoxy) is 1. The molecule has 0 saturated heterocycles. The molecular formula is C16H13ClF3NO2. The molecule has 0 bridgehead atoms. The van der Waals surface area contributed by atoms with Crippen molar-refractivity contribution in [3.05, 3.63) is 40.6 Å². The van der Waals surface area contributed by atoms with Crippen LogP contribution in [0.5, 0.6) is 0 Å². The maximum Gasteiger partial charge on any atom is 0.419 e. The van der Waals surface area contributed by atoms with Gasteiger partial charge in [0.1, 0.15) is 0 Å². The monoisotopic (exact) mass is 343 g/mol. The predicted molar refractivity (Wildman–Crippen MR) is 81.6 cm³/mol. The van der Waals surface area contributed by atoms with Crippen LogP contribution in [0.25, 0.3) is 16.5 Å². The molecule has 7 heteroatoms. The van der Waals surface area contributed by atoms with E-state index in [-0.39, 0.29) is 28.2 Å². The minimum Gasteiger partial charge on any atom is -0.449 e. The van der Waals surface area contributed by atoms with Gasteiger partial charge in [-0.25, -0.2) is 9.36 Å². The summed E-state index contributed by atoms with van der Waals surface area (Å²) in [7, 11) is 0. The third kappa shape index (κ3) is 2.61. The maximum absolute atomic E-state index is 13.7. The van der Waals surface area contributed by atoms with E-state index in [9.17, 15) is 18.0 Å². The van der Waals surface area contributed by atoms with E-state index in [1.807, 2.05) is 0 Å². The zero-order valence-electron chi connectivity index (χ0n) is 12.2. The number of hydrogen-bond donors (Lipinski definition) is 0. The predicted octanol–water partition coefficient (Wildman–Crippen LogP) is 5.50. The van der Waals surface area contributed by atoms with Gasteiger partial charge in [0.25, 0.3) is 0 Å². The van der Waals surface area contributed by atoms with Gasteiger partial charge >= 0.3 is 12.3 Å². The number of aromatic nitrogens is 1. The Balaban J connectivity index is 2.42. The first kappa shape index (κ1) is 15.9. The third-order valence-electron chi connectivity index (χ3n) is 3.77. The summed E-state index contributed by atoms with van der Waals surface area (Å²) < 4.78 is 46.9. The maximum atomic E-state index is 13.7. The summed E-state index contributed by atoms with van der Waals surface area (Å²) in [5.41, 5.74) is -0.339. The van der Waals surface area contributed by atoms with Crippen molar-refractivity contribution >= 4 is 34.2 Å². The molecule has 0 atom stereocenters. The molecule has 0 aliphatic heterocycles. The smallest absolute Gasteiger partial charge is 0.419 e. The fourth-order valence-electron chi connectivity index (χ4n) is 2.74. The van der Waals surface area contributed by atoms with Gasteiger partial charge in [-0.3, -0.25) is 0 Å². The molecular weight excluding hydrogens is 331 g/mol. The molecule has 0 unspecified atom stereocenters. The van der Waals surface area contributed by atoms with E-state index in [1.165, 1.54) is 18.2 Å². The molecule has 1 heterocycles. The molecule has 1 aliphatic rings. The molecule has 0 N–H and O–H groups in total. The van der Waals surface area contributed by atoms with Crippen molar-refractivity contribution in [3.8, 4) is 0 Å². The zero-order valence-corrected chi connectivity index (χ0v) is 13.0. The van der Waals surface area contributed by atoms with Crippen LogP contribution in [0, 0.1) is 0 Å². The molecule has 122 valence electrons. The van der Waals surface area contributed by atoms with Gasteiger partial charge in [0.2, 0.25) is 0 Å². The number of benzene rings is 1. The van der Waals surface area contributed by atoms with Crippen LogP contribution in [0.4, 0.5) is 18.0 Å². The van der Waals surface area contributed by atoms with E-state index in [0.717, 1.165) is 4.57 Å². The largest absolute Gasteiger partial charge is 0.449 e. The first-order valence-corrected chi connectivity index (χ1v) is 7.50. The summed E-state index contributed by atoms with van der Waals surface area (Å²) in [5, 5.41) is 0.0824. The Bertz CT molecular complexity index is 821. The van der Waals surface area contributed by atoms with Gasteiger partial charge < -0.3 is 4.74 Å². The number of rotatable bonds is 2. The van der Waals surface area contributed by atoms with Crippen molar-refractivity contribution in [2.24, 2.45) is 0 Å². The summed E-state index contributed by atoms with van der Waals surface area (Å²) >= 11 is 5.86. The second-order valence-corrected chi connectivity index (χ2v) is 5.62. The number of fused-ring (bicyclic) bond motifs is 1. The first-order chi connectivity index (χ1) is 10.8. The first-order valence-electron chi connectivity index (χ1n) is 7.12. The van der Waals surface area contributed by atoms with E-state index in [4.69, 9.17) is 16.3 Å². The lowest BCUT2D eigenvalue weighted by Crippen LogP contribution is -2.19. The van der Waals surface area contributed by atoms with E-state index < -0.39 is 17.8 Å². The van der Waals surface area contributed by atoms with Crippen LogP contribution < -0.4 is 0 Å². The van der Waals surface area contributed by atoms with Gasteiger partial charge in [-0.1, -0.05) is 17.7 Å². The minimum absolute atomic E-state index is 0.0753. The van der Waals surface area contributed by atoms with Crippen LogP contribution in [0.2, 0.25) is 5.02 Å². The Labute approximate surface area is 135 Å². The molecule has 0 radical (unpaired) electrons. The number of nitrogens with zero attached hydrogens (tertiary/aromatic N) is 1. The summed E-state index contributed by atoms with van der Waals surface area (Å²) in [6, 6.07) is 4.10. The van der Waals surface area contributed by atoms with Crippen LogP contribution in [-0.4, -0.2) is 17.3 Å². The van der Waals surface area contributed by atoms with Gasteiger partial charge in [0, 0.05) is 10.4 Å². The Morgan fingerprint density at radius 1 is 1.39 bits per heavy atom. The second-order valence-electron chi connectivity index (χ2n) is 5.19. The quantitative estimate of drug-likeness (QED) is 0.721. The van der Waals surface area contributed by atoms with E-state index >= 15 is 0 Å². The summed E-state index contributed by atoms with van der Waals surface area (Å²) in [6.07, 6.45) is -2.55. The van der Waals surface area contributed by atoms with Crippen molar-refractivity contribution in [1.29, 1.82) is 0 Å². The van der Waals surface area contributed by atoms with Gasteiger partial charge in [0.15, 0.2) is 0 Å². The van der Waals surface area contributed by atoms with Crippen molar-refractivity contribution < 1.29 is 22.7 Å². The lowest BCUT2D eigenvalue weighted by Gasteiger charge is -2.19. The lowest BCUT2D eigenvalue weighted by atomic mass is 9.93. The van der Waals surface area contributed by atoms with Crippen molar-refractivity contribution in [2.75, 3.05) is 6.61 Å². The number of carbonyl (C=O) groups is 1. The normalized spacial score (nSPS) is 14.6. The van der Waals surface area contributed by atoms with Crippen molar-refractivity contribution in [1.82, 2.24) is 4.57 Å². The number of hydrogen-bond acceptors (Lipinski definition) is 2. The topological polar surface area (TPSA) is 31.2 Å². The Kier molecular flexibility index (Phi) is 3.88. The average Bonchev–Trinajstić information content (AvgIpc) is 2.70. The molecule has 0 spiro atoms. The molecule has 2 aromatic rings. The molecule has 3 rings (SSSR count). The molecule has 0 fully saturated rings. The number of halogens is 4. The molecule has 1 aliphatic carbocycles. The van der Waals surface area contributed by atoms with Crippen molar-refractivity contribution in [3.63, 3.8) is 0 Å². The summed E-state index contributed by atoms with van der Waals surface area (Å²) in [5.74, 6) is 0. The molecule has 0 saturated carbocycles. The minimum atomic E-state index is -4.60. The Hall–Kier alpha value is -1.95. The summed E-state index contributed by atoms with van der Waals surface area (Å²) in [4.78, 5) is 12.3. The highest BCUT2D eigenvalue weighted by Gasteiger charge is 2.41. The van der Waals surface area contributed by atoms with E-state index in [2.05, 4.69) is 0 Å². The highest BCUT2D eigenvalue weighted by atomic mass is 35.5. The highest BCUT2D eigenvalue weighted by Crippen LogP contribution is 2.45. The number of carbonyl (C=O) groups excluding carboxylic acids is 1. The van der Waals surface area contributed by atoms with Gasteiger partial charge in [-0.2, -0.15) is 13.2 Å². The van der Waals surface area contributed by atoms with Crippen LogP contribution >= 0.6 is 11.6 Å². The van der Waals surface area contributed by atoms with Gasteiger partial charge in [-0.05, 0) is 43.5 Å². The molecule has 3 nitrogen and oxygen atoms in total. The average molecular weight is 344 g/mol. The molecule has 1 aromatic heterocycles. The standard InChI is InChI=1S/C16H13ClF3NO2/c1-2-23-15(22)21-12-7-6-10(17)8-11(12)13(16(18,19)20)14(21)9-4-3-5-9/h4,6-8H,2-3,5H2,1H3. The van der Waals surface area contributed by atoms with Crippen LogP contribution in [-0.2, 0) is 10.9 Å². The SMILES string of the molecule is CCOC(=O)n1c(C2=CCC2)c(C(F)(F)F)c2cc(Cl)ccc21. The molecule has 0 amide bonds. The highest BCUT2D eigenvalue weighted by molar-refractivity contribution is 6.31. The Morgan fingerprint density at radius 3 is 2.61 bits per heavy atom.